The molecule has 2 aromatic rings. The Morgan fingerprint density at radius 3 is 2.68 bits per heavy atom. The number of anilines is 1. The van der Waals surface area contributed by atoms with Crippen molar-refractivity contribution < 1.29 is 19.0 Å². The fourth-order valence-electron chi connectivity index (χ4n) is 3.19. The van der Waals surface area contributed by atoms with Gasteiger partial charge in [0.15, 0.2) is 0 Å². The molecule has 1 fully saturated rings. The summed E-state index contributed by atoms with van der Waals surface area (Å²) in [7, 11) is 1.32. The molecule has 0 aromatic heterocycles. The topological polar surface area (TPSA) is 49.8 Å². The molecule has 0 bridgehead atoms. The lowest BCUT2D eigenvalue weighted by Crippen LogP contribution is -2.19. The summed E-state index contributed by atoms with van der Waals surface area (Å²) in [4.78, 5) is 13.4. The van der Waals surface area contributed by atoms with Crippen LogP contribution < -0.4 is 9.64 Å². The van der Waals surface area contributed by atoms with Gasteiger partial charge in [0.1, 0.15) is 17.1 Å². The molecule has 0 amide bonds. The van der Waals surface area contributed by atoms with E-state index in [0.717, 1.165) is 12.2 Å². The molecule has 3 rings (SSSR count). The van der Waals surface area contributed by atoms with E-state index in [-0.39, 0.29) is 11.7 Å². The quantitative estimate of drug-likeness (QED) is 0.820. The summed E-state index contributed by atoms with van der Waals surface area (Å²) >= 11 is 12.0. The minimum Gasteiger partial charge on any atom is -0.496 e. The molecule has 25 heavy (non-hydrogen) atoms. The van der Waals surface area contributed by atoms with Crippen LogP contribution in [0.15, 0.2) is 30.3 Å². The van der Waals surface area contributed by atoms with Crippen LogP contribution in [0.1, 0.15) is 28.3 Å². The third-order valence-electron chi connectivity index (χ3n) is 4.46. The second-order valence-electron chi connectivity index (χ2n) is 5.88. The first-order valence-electron chi connectivity index (χ1n) is 7.72. The van der Waals surface area contributed by atoms with Crippen molar-refractivity contribution in [3.05, 3.63) is 57.3 Å². The Morgan fingerprint density at radius 2 is 2.04 bits per heavy atom. The number of benzene rings is 2. The van der Waals surface area contributed by atoms with E-state index in [1.807, 2.05) is 6.07 Å². The molecule has 1 saturated heterocycles. The highest BCUT2D eigenvalue weighted by Crippen LogP contribution is 2.36. The van der Waals surface area contributed by atoms with Crippen LogP contribution in [0.2, 0.25) is 10.0 Å². The lowest BCUT2D eigenvalue weighted by molar-refractivity contribution is 0.0687. The first kappa shape index (κ1) is 17.8. The predicted molar refractivity (Wildman–Crippen MR) is 95.9 cm³/mol. The number of halogens is 3. The lowest BCUT2D eigenvalue weighted by atomic mass is 9.95. The zero-order valence-corrected chi connectivity index (χ0v) is 14.9. The van der Waals surface area contributed by atoms with E-state index in [1.54, 1.807) is 18.2 Å². The number of carboxylic acids is 1. The summed E-state index contributed by atoms with van der Waals surface area (Å²) in [6.45, 7) is 1.29. The minimum absolute atomic E-state index is 0.0214. The van der Waals surface area contributed by atoms with E-state index in [1.165, 1.54) is 13.2 Å². The predicted octanol–water partition coefficient (Wildman–Crippen LogP) is 4.83. The van der Waals surface area contributed by atoms with Gasteiger partial charge < -0.3 is 14.7 Å². The monoisotopic (exact) mass is 383 g/mol. The van der Waals surface area contributed by atoms with Gasteiger partial charge >= 0.3 is 5.97 Å². The van der Waals surface area contributed by atoms with E-state index in [9.17, 15) is 14.3 Å². The first-order valence-corrected chi connectivity index (χ1v) is 8.47. The maximum absolute atomic E-state index is 14.8. The molecule has 4 nitrogen and oxygen atoms in total. The van der Waals surface area contributed by atoms with Gasteiger partial charge in [0.25, 0.3) is 0 Å². The number of carboxylic acid groups (broad SMARTS) is 1. The molecule has 1 heterocycles. The Kier molecular flexibility index (Phi) is 5.06. The summed E-state index contributed by atoms with van der Waals surface area (Å²) in [5.41, 5.74) is 0.873. The molecule has 2 aromatic carbocycles. The normalized spacial score (nSPS) is 17.0. The molecule has 1 aliphatic rings. The van der Waals surface area contributed by atoms with Crippen LogP contribution in [0.5, 0.6) is 5.75 Å². The van der Waals surface area contributed by atoms with Crippen molar-refractivity contribution in [1.82, 2.24) is 0 Å². The van der Waals surface area contributed by atoms with Gasteiger partial charge in [-0.3, -0.25) is 0 Å². The molecule has 1 aliphatic heterocycles. The highest BCUT2D eigenvalue weighted by atomic mass is 35.5. The average Bonchev–Trinajstić information content (AvgIpc) is 3.06. The van der Waals surface area contributed by atoms with Gasteiger partial charge in [-0.05, 0) is 36.2 Å². The smallest absolute Gasteiger partial charge is 0.342 e. The maximum atomic E-state index is 14.8. The molecule has 1 unspecified atom stereocenters. The van der Waals surface area contributed by atoms with Crippen LogP contribution in [0, 0.1) is 5.82 Å². The third kappa shape index (κ3) is 3.39. The van der Waals surface area contributed by atoms with E-state index < -0.39 is 17.3 Å². The van der Waals surface area contributed by atoms with E-state index in [0.29, 0.717) is 28.6 Å². The Balaban J connectivity index is 1.88. The van der Waals surface area contributed by atoms with E-state index in [2.05, 4.69) is 4.90 Å². The van der Waals surface area contributed by atoms with Crippen molar-refractivity contribution >= 4 is 34.9 Å². The summed E-state index contributed by atoms with van der Waals surface area (Å²) in [6.07, 6.45) is 0.711. The van der Waals surface area contributed by atoms with Crippen LogP contribution in [0.3, 0.4) is 0 Å². The molecule has 0 aliphatic carbocycles. The van der Waals surface area contributed by atoms with Gasteiger partial charge in [0.2, 0.25) is 0 Å². The minimum atomic E-state index is -1.34. The summed E-state index contributed by atoms with van der Waals surface area (Å²) in [5.74, 6) is -2.16. The van der Waals surface area contributed by atoms with Gasteiger partial charge in [0, 0.05) is 24.7 Å². The lowest BCUT2D eigenvalue weighted by Gasteiger charge is -2.20. The summed E-state index contributed by atoms with van der Waals surface area (Å²) in [6, 6.07) is 8.47. The van der Waals surface area contributed by atoms with Crippen LogP contribution in [0.4, 0.5) is 10.1 Å². The van der Waals surface area contributed by atoms with E-state index >= 15 is 0 Å². The molecular weight excluding hydrogens is 368 g/mol. The number of ether oxygens (including phenoxy) is 1. The average molecular weight is 384 g/mol. The number of methoxy groups -OCH3 is 1. The van der Waals surface area contributed by atoms with Crippen molar-refractivity contribution in [3.63, 3.8) is 0 Å². The van der Waals surface area contributed by atoms with Crippen LogP contribution in [-0.2, 0) is 0 Å². The van der Waals surface area contributed by atoms with Crippen molar-refractivity contribution in [2.45, 2.75) is 12.3 Å². The molecule has 0 radical (unpaired) electrons. The number of hydrogen-bond donors (Lipinski definition) is 1. The highest BCUT2D eigenvalue weighted by Gasteiger charge is 2.30. The van der Waals surface area contributed by atoms with Crippen molar-refractivity contribution in [2.24, 2.45) is 0 Å². The van der Waals surface area contributed by atoms with Gasteiger partial charge in [-0.2, -0.15) is 0 Å². The van der Waals surface area contributed by atoms with Crippen molar-refractivity contribution in [1.29, 1.82) is 0 Å². The van der Waals surface area contributed by atoms with Gasteiger partial charge in [0.05, 0.1) is 17.2 Å². The second kappa shape index (κ2) is 7.10. The molecular formula is C18H16Cl2FNO3. The fraction of sp³-hybridized carbons (Fsp3) is 0.278. The molecule has 7 heteroatoms. The first-order chi connectivity index (χ1) is 11.9. The van der Waals surface area contributed by atoms with Gasteiger partial charge in [-0.25, -0.2) is 9.18 Å². The second-order valence-corrected chi connectivity index (χ2v) is 6.70. The number of nitrogens with zero attached hydrogens (tertiary/aromatic N) is 1. The SMILES string of the molecule is COc1ccc(C2CCN(c3ccc(Cl)c(Cl)c3)C2)c(F)c1C(=O)O. The van der Waals surface area contributed by atoms with Crippen molar-refractivity contribution in [3.8, 4) is 5.75 Å². The molecule has 0 saturated carbocycles. The zero-order valence-electron chi connectivity index (χ0n) is 13.4. The number of rotatable bonds is 4. The maximum Gasteiger partial charge on any atom is 0.342 e. The molecule has 1 N–H and O–H groups in total. The zero-order chi connectivity index (χ0) is 18.1. The number of carbonyl (C=O) groups is 1. The third-order valence-corrected chi connectivity index (χ3v) is 5.20. The molecule has 0 spiro atoms. The van der Waals surface area contributed by atoms with Crippen LogP contribution >= 0.6 is 23.2 Å². The highest BCUT2D eigenvalue weighted by molar-refractivity contribution is 6.42. The summed E-state index contributed by atoms with van der Waals surface area (Å²) in [5, 5.41) is 10.2. The Morgan fingerprint density at radius 1 is 1.28 bits per heavy atom. The summed E-state index contributed by atoms with van der Waals surface area (Å²) < 4.78 is 19.7. The standard InChI is InChI=1S/C18H16Cl2FNO3/c1-25-15-5-3-12(17(21)16(15)18(23)24)10-6-7-22(9-10)11-2-4-13(19)14(20)8-11/h2-5,8,10H,6-7,9H2,1H3,(H,23,24). The fourth-order valence-corrected chi connectivity index (χ4v) is 3.48. The Bertz CT molecular complexity index is 828. The van der Waals surface area contributed by atoms with Crippen LogP contribution in [0.25, 0.3) is 0 Å². The van der Waals surface area contributed by atoms with Gasteiger partial charge in [-0.1, -0.05) is 29.3 Å². The number of aromatic carboxylic acids is 1. The largest absolute Gasteiger partial charge is 0.496 e. The van der Waals surface area contributed by atoms with Crippen LogP contribution in [-0.4, -0.2) is 31.3 Å². The molecule has 132 valence electrons. The Hall–Kier alpha value is -1.98. The Labute approximate surface area is 154 Å². The number of hydrogen-bond acceptors (Lipinski definition) is 3. The van der Waals surface area contributed by atoms with Gasteiger partial charge in [-0.15, -0.1) is 0 Å². The van der Waals surface area contributed by atoms with Crippen molar-refractivity contribution in [2.75, 3.05) is 25.1 Å². The molecule has 1 atom stereocenters. The van der Waals surface area contributed by atoms with E-state index in [4.69, 9.17) is 27.9 Å².